The molecule has 5 unspecified atom stereocenters. The fourth-order valence-corrected chi connectivity index (χ4v) is 8.54. The molecule has 10 heteroatoms. The van der Waals surface area contributed by atoms with E-state index in [4.69, 9.17) is 14.0 Å². The lowest BCUT2D eigenvalue weighted by Gasteiger charge is -2.59. The molecule has 0 amide bonds. The van der Waals surface area contributed by atoms with Gasteiger partial charge in [0, 0.05) is 0 Å². The highest BCUT2D eigenvalue weighted by atomic mass is 32.2. The van der Waals surface area contributed by atoms with Gasteiger partial charge in [-0.3, -0.25) is 14.1 Å². The van der Waals surface area contributed by atoms with Gasteiger partial charge in [0.2, 0.25) is 0 Å². The monoisotopic (exact) mass is 490 g/mol. The van der Waals surface area contributed by atoms with E-state index in [9.17, 15) is 26.8 Å². The van der Waals surface area contributed by atoms with E-state index in [-0.39, 0.29) is 11.8 Å². The maximum atomic E-state index is 13.9. The summed E-state index contributed by atoms with van der Waals surface area (Å²) in [5.74, 6) is -1.39. The summed E-state index contributed by atoms with van der Waals surface area (Å²) in [4.78, 5) is 26.4. The predicted octanol–water partition coefficient (Wildman–Crippen LogP) is 3.82. The van der Waals surface area contributed by atoms with Crippen molar-refractivity contribution in [3.63, 3.8) is 0 Å². The number of rotatable bonds is 6. The van der Waals surface area contributed by atoms with Gasteiger partial charge in [0.1, 0.15) is 5.60 Å². The van der Waals surface area contributed by atoms with Gasteiger partial charge in [-0.25, -0.2) is 0 Å². The van der Waals surface area contributed by atoms with E-state index >= 15 is 0 Å². The van der Waals surface area contributed by atoms with Crippen LogP contribution < -0.4 is 0 Å². The Kier molecular flexibility index (Phi) is 5.40. The van der Waals surface area contributed by atoms with Crippen LogP contribution in [0.5, 0.6) is 0 Å². The third-order valence-electron chi connectivity index (χ3n) is 9.65. The number of esters is 2. The molecule has 0 saturated heterocycles. The second-order valence-corrected chi connectivity index (χ2v) is 12.9. The number of carbonyl (C=O) groups excluding carboxylic acids is 2. The highest BCUT2D eigenvalue weighted by molar-refractivity contribution is 7.86. The normalized spacial score (nSPS) is 44.6. The summed E-state index contributed by atoms with van der Waals surface area (Å²) in [6.07, 6.45) is 5.19. The third kappa shape index (κ3) is 3.61. The van der Waals surface area contributed by atoms with Crippen LogP contribution in [0.25, 0.3) is 0 Å². The molecule has 0 radical (unpaired) electrons. The number of ether oxygens (including phenoxy) is 2. The van der Waals surface area contributed by atoms with Crippen molar-refractivity contribution < 1.29 is 40.8 Å². The molecule has 6 aliphatic rings. The summed E-state index contributed by atoms with van der Waals surface area (Å²) >= 11 is 0. The van der Waals surface area contributed by atoms with Crippen molar-refractivity contribution in [1.29, 1.82) is 0 Å². The molecule has 0 aromatic carbocycles. The number of fused-ring (bicyclic) bond motifs is 2. The van der Waals surface area contributed by atoms with Crippen LogP contribution >= 0.6 is 0 Å². The molecule has 33 heavy (non-hydrogen) atoms. The Morgan fingerprint density at radius 3 is 1.91 bits per heavy atom. The van der Waals surface area contributed by atoms with Gasteiger partial charge in [0.25, 0.3) is 0 Å². The zero-order valence-corrected chi connectivity index (χ0v) is 19.7. The van der Waals surface area contributed by atoms with Crippen LogP contribution in [-0.4, -0.2) is 41.9 Å². The average molecular weight is 491 g/mol. The summed E-state index contributed by atoms with van der Waals surface area (Å²) in [7, 11) is -5.75. The largest absolute Gasteiger partial charge is 0.459 e. The van der Waals surface area contributed by atoms with E-state index in [0.29, 0.717) is 36.5 Å². The zero-order chi connectivity index (χ0) is 23.9. The Morgan fingerprint density at radius 1 is 0.939 bits per heavy atom. The molecule has 1 N–H and O–H groups in total. The number of carbonyl (C=O) groups is 2. The Morgan fingerprint density at radius 2 is 1.42 bits per heavy atom. The topological polar surface area (TPSA) is 107 Å². The van der Waals surface area contributed by atoms with Gasteiger partial charge in [-0.15, -0.1) is 0 Å². The molecule has 0 spiro atoms. The smallest absolute Gasteiger partial charge is 0.405 e. The number of hydrogen-bond acceptors (Lipinski definition) is 6. The van der Waals surface area contributed by atoms with E-state index < -0.39 is 50.9 Å². The molecule has 0 aliphatic heterocycles. The van der Waals surface area contributed by atoms with Crippen molar-refractivity contribution in [2.24, 2.45) is 47.3 Å². The maximum Gasteiger partial charge on any atom is 0.405 e. The zero-order valence-electron chi connectivity index (χ0n) is 18.9. The fraction of sp³-hybridized carbons (Fsp3) is 0.913. The third-order valence-corrected chi connectivity index (χ3v) is 10.7. The Bertz CT molecular complexity index is 920. The summed E-state index contributed by atoms with van der Waals surface area (Å²) in [6.45, 7) is 2.75. The maximum absolute atomic E-state index is 13.9. The van der Waals surface area contributed by atoms with Gasteiger partial charge in [0.05, 0.1) is 11.8 Å². The van der Waals surface area contributed by atoms with Crippen molar-refractivity contribution in [3.05, 3.63) is 0 Å². The molecule has 6 saturated carbocycles. The summed E-state index contributed by atoms with van der Waals surface area (Å²) in [5.41, 5.74) is -0.563. The van der Waals surface area contributed by atoms with Crippen LogP contribution in [0, 0.1) is 47.3 Å². The van der Waals surface area contributed by atoms with Crippen LogP contribution in [-0.2, 0) is 29.2 Å². The number of hydrogen-bond donors (Lipinski definition) is 1. The minimum absolute atomic E-state index is 0.0714. The first-order valence-electron chi connectivity index (χ1n) is 12.1. The minimum atomic E-state index is -5.75. The van der Waals surface area contributed by atoms with Crippen LogP contribution in [0.3, 0.4) is 0 Å². The first-order valence-corrected chi connectivity index (χ1v) is 13.5. The number of alkyl halides is 2. The molecule has 7 nitrogen and oxygen atoms in total. The highest BCUT2D eigenvalue weighted by Gasteiger charge is 2.61. The van der Waals surface area contributed by atoms with Gasteiger partial charge in [0.15, 0.2) is 6.10 Å². The van der Waals surface area contributed by atoms with Gasteiger partial charge < -0.3 is 9.47 Å². The van der Waals surface area contributed by atoms with Gasteiger partial charge in [-0.2, -0.15) is 17.2 Å². The Labute approximate surface area is 192 Å². The second kappa shape index (κ2) is 7.60. The molecule has 0 heterocycles. The van der Waals surface area contributed by atoms with E-state index in [2.05, 4.69) is 0 Å². The second-order valence-electron chi connectivity index (χ2n) is 11.4. The molecular formula is C23H32F2O7S. The molecular weight excluding hydrogens is 458 g/mol. The number of halogens is 2. The van der Waals surface area contributed by atoms with E-state index in [1.165, 1.54) is 6.42 Å². The van der Waals surface area contributed by atoms with Crippen LogP contribution in [0.2, 0.25) is 0 Å². The first kappa shape index (κ1) is 23.5. The lowest BCUT2D eigenvalue weighted by molar-refractivity contribution is -0.211. The van der Waals surface area contributed by atoms with Gasteiger partial charge >= 0.3 is 27.3 Å². The van der Waals surface area contributed by atoms with Crippen molar-refractivity contribution in [2.75, 3.05) is 0 Å². The lowest BCUT2D eigenvalue weighted by atomic mass is 9.50. The van der Waals surface area contributed by atoms with Crippen molar-refractivity contribution in [3.8, 4) is 0 Å². The minimum Gasteiger partial charge on any atom is -0.459 e. The highest BCUT2D eigenvalue weighted by Crippen LogP contribution is 2.60. The van der Waals surface area contributed by atoms with Crippen molar-refractivity contribution >= 4 is 22.1 Å². The fourth-order valence-electron chi connectivity index (χ4n) is 8.07. The van der Waals surface area contributed by atoms with Crippen LogP contribution in [0.4, 0.5) is 8.78 Å². The molecule has 0 aromatic heterocycles. The Balaban J connectivity index is 1.32. The van der Waals surface area contributed by atoms with Gasteiger partial charge in [-0.1, -0.05) is 0 Å². The molecule has 6 aliphatic carbocycles. The average Bonchev–Trinajstić information content (AvgIpc) is 3.32. The van der Waals surface area contributed by atoms with Gasteiger partial charge in [-0.05, 0) is 101 Å². The van der Waals surface area contributed by atoms with Crippen LogP contribution in [0.1, 0.15) is 65.2 Å². The molecule has 6 rings (SSSR count). The van der Waals surface area contributed by atoms with E-state index in [1.807, 2.05) is 6.92 Å². The molecule has 6 fully saturated rings. The molecule has 5 atom stereocenters. The molecule has 6 bridgehead atoms. The summed E-state index contributed by atoms with van der Waals surface area (Å²) in [5, 5.41) is -4.63. The summed E-state index contributed by atoms with van der Waals surface area (Å²) < 4.78 is 69.8. The van der Waals surface area contributed by atoms with Crippen molar-refractivity contribution in [1.82, 2.24) is 0 Å². The van der Waals surface area contributed by atoms with Crippen molar-refractivity contribution in [2.45, 2.75) is 82.2 Å². The Hall–Kier alpha value is -1.29. The van der Waals surface area contributed by atoms with Crippen LogP contribution in [0.15, 0.2) is 0 Å². The van der Waals surface area contributed by atoms with E-state index in [1.54, 1.807) is 0 Å². The lowest BCUT2D eigenvalue weighted by Crippen LogP contribution is -2.58. The SMILES string of the molecule is CC(OC(=O)C1C2CCC(C2)C1C(=O)OC1(C)C2CC3CC(C2)CC1C3)C(F)(F)S(=O)(=O)O. The summed E-state index contributed by atoms with van der Waals surface area (Å²) in [6, 6.07) is 0. The predicted molar refractivity (Wildman–Crippen MR) is 111 cm³/mol. The van der Waals surface area contributed by atoms with E-state index in [0.717, 1.165) is 39.0 Å². The standard InChI is InChI=1S/C23H32F2O7S/c1-11(23(24,25)33(28,29)30)31-20(26)18-14-3-4-15(10-14)19(18)21(27)32-22(2)16-6-12-5-13(8-16)9-17(22)7-12/h11-19H,3-10H2,1-2H3,(H,28,29,30). The molecule has 186 valence electrons. The molecule has 0 aromatic rings. The quantitative estimate of drug-likeness (QED) is 0.446. The first-order chi connectivity index (χ1) is 15.3.